The van der Waals surface area contributed by atoms with Gasteiger partial charge in [0.25, 0.3) is 0 Å². The van der Waals surface area contributed by atoms with E-state index in [9.17, 15) is 18.6 Å². The summed E-state index contributed by atoms with van der Waals surface area (Å²) >= 11 is 0. The number of rotatable bonds is 6. The molecule has 0 bridgehead atoms. The van der Waals surface area contributed by atoms with Crippen LogP contribution in [-0.4, -0.2) is 79.0 Å². The van der Waals surface area contributed by atoms with Crippen molar-refractivity contribution in [3.63, 3.8) is 0 Å². The Bertz CT molecular complexity index is 934. The van der Waals surface area contributed by atoms with Crippen LogP contribution in [0.1, 0.15) is 65.2 Å². The molecule has 1 unspecified atom stereocenters. The quantitative estimate of drug-likeness (QED) is 0.537. The van der Waals surface area contributed by atoms with Gasteiger partial charge in [0.05, 0.1) is 18.5 Å². The highest BCUT2D eigenvalue weighted by atomic mass is 32.2. The molecule has 4 aliphatic rings. The van der Waals surface area contributed by atoms with E-state index in [1.54, 1.807) is 9.88 Å². The van der Waals surface area contributed by atoms with Gasteiger partial charge in [-0.25, -0.2) is 8.42 Å². The van der Waals surface area contributed by atoms with Gasteiger partial charge in [-0.1, -0.05) is 43.7 Å². The number of piperazine rings is 1. The second-order valence-electron chi connectivity index (χ2n) is 11.9. The molecule has 6 nitrogen and oxygen atoms in total. The average molecular weight is 507 g/mol. The molecule has 1 aliphatic heterocycles. The largest absolute Gasteiger partial charge is 0.388 e. The van der Waals surface area contributed by atoms with Crippen molar-refractivity contribution in [2.75, 3.05) is 39.0 Å². The molecule has 0 radical (unpaired) electrons. The molecular formula is C28H46N2O4S. The third kappa shape index (κ3) is 5.96. The van der Waals surface area contributed by atoms with Gasteiger partial charge < -0.3 is 15.1 Å². The van der Waals surface area contributed by atoms with Crippen LogP contribution >= 0.6 is 0 Å². The second-order valence-corrected chi connectivity index (χ2v) is 13.9. The predicted molar refractivity (Wildman–Crippen MR) is 141 cm³/mol. The molecule has 1 heterocycles. The highest BCUT2D eigenvalue weighted by molar-refractivity contribution is 7.88. The van der Waals surface area contributed by atoms with Crippen LogP contribution in [-0.2, 0) is 10.0 Å². The lowest BCUT2D eigenvalue weighted by atomic mass is 9.61. The molecule has 0 spiro atoms. The lowest BCUT2D eigenvalue weighted by Crippen LogP contribution is -2.48. The van der Waals surface area contributed by atoms with Crippen molar-refractivity contribution in [3.05, 3.63) is 35.5 Å². The summed E-state index contributed by atoms with van der Waals surface area (Å²) in [5.41, 5.74) is 3.57. The Morgan fingerprint density at radius 3 is 2.40 bits per heavy atom. The van der Waals surface area contributed by atoms with Crippen molar-refractivity contribution >= 4 is 10.0 Å². The van der Waals surface area contributed by atoms with Crippen molar-refractivity contribution in [1.29, 1.82) is 0 Å². The summed E-state index contributed by atoms with van der Waals surface area (Å²) in [6, 6.07) is 0. The maximum absolute atomic E-state index is 11.8. The summed E-state index contributed by atoms with van der Waals surface area (Å²) in [6.45, 7) is 12.7. The van der Waals surface area contributed by atoms with Crippen LogP contribution in [0.4, 0.5) is 0 Å². The third-order valence-corrected chi connectivity index (χ3v) is 11.0. The molecular weight excluding hydrogens is 460 g/mol. The van der Waals surface area contributed by atoms with Gasteiger partial charge in [0.2, 0.25) is 10.0 Å². The lowest BCUT2D eigenvalue weighted by molar-refractivity contribution is 0.0853. The first-order chi connectivity index (χ1) is 16.5. The normalized spacial score (nSPS) is 38.7. The number of aliphatic hydroxyl groups excluding tert-OH is 2. The highest BCUT2D eigenvalue weighted by Gasteiger charge is 2.50. The van der Waals surface area contributed by atoms with E-state index in [2.05, 4.69) is 37.5 Å². The number of nitrogens with zero attached hydrogens (tertiary/aromatic N) is 2. The molecule has 35 heavy (non-hydrogen) atoms. The van der Waals surface area contributed by atoms with Gasteiger partial charge in [-0.15, -0.1) is 0 Å². The molecule has 4 fully saturated rings. The summed E-state index contributed by atoms with van der Waals surface area (Å²) in [5.74, 6) is 2.01. The minimum Gasteiger partial charge on any atom is -0.388 e. The standard InChI is InChI=1S/C28H46N2O4S/c1-20(11-13-29-14-16-30(17-15-29)35(4,33)34)24-9-10-25-23(6-5-12-28(24,25)3)8-7-22-18-26(31)21(2)27(32)19-22/h7-8,20,24-27,31-32H,2,5-6,9-19H2,1,3-4H3/b22-7?,23-8+/t20?,24-,25+,26-,27+,28-/m1/s1. The molecule has 0 amide bonds. The van der Waals surface area contributed by atoms with Gasteiger partial charge in [0, 0.05) is 26.2 Å². The molecule has 3 aliphatic carbocycles. The summed E-state index contributed by atoms with van der Waals surface area (Å²) in [6.07, 6.45) is 13.1. The number of hydrogen-bond acceptors (Lipinski definition) is 5. The van der Waals surface area contributed by atoms with Crippen LogP contribution in [0.2, 0.25) is 0 Å². The van der Waals surface area contributed by atoms with Crippen LogP contribution in [0, 0.1) is 23.2 Å². The van der Waals surface area contributed by atoms with Gasteiger partial charge in [0.15, 0.2) is 0 Å². The van der Waals surface area contributed by atoms with Gasteiger partial charge in [-0.3, -0.25) is 0 Å². The molecule has 2 N–H and O–H groups in total. The van der Waals surface area contributed by atoms with E-state index < -0.39 is 22.2 Å². The zero-order valence-electron chi connectivity index (χ0n) is 22.0. The van der Waals surface area contributed by atoms with Gasteiger partial charge >= 0.3 is 0 Å². The van der Waals surface area contributed by atoms with E-state index in [1.165, 1.54) is 38.4 Å². The van der Waals surface area contributed by atoms with E-state index in [-0.39, 0.29) is 0 Å². The fourth-order valence-electron chi connectivity index (χ4n) is 7.51. The number of aliphatic hydroxyl groups is 2. The molecule has 198 valence electrons. The Morgan fingerprint density at radius 2 is 1.77 bits per heavy atom. The van der Waals surface area contributed by atoms with Crippen molar-refractivity contribution in [1.82, 2.24) is 9.21 Å². The summed E-state index contributed by atoms with van der Waals surface area (Å²) in [4.78, 5) is 2.44. The van der Waals surface area contributed by atoms with E-state index in [0.29, 0.717) is 48.8 Å². The van der Waals surface area contributed by atoms with Crippen LogP contribution in [0.15, 0.2) is 35.5 Å². The summed E-state index contributed by atoms with van der Waals surface area (Å²) < 4.78 is 25.2. The Hall–Kier alpha value is -0.990. The Balaban J connectivity index is 1.35. The minimum absolute atomic E-state index is 0.344. The second kappa shape index (κ2) is 10.8. The SMILES string of the molecule is C=C1[C@H](O)CC(=C/C=C2\CCC[C@]3(C)[C@@H](C(C)CCN4CCN(S(C)(=O)=O)CC4)CC[C@@H]23)C[C@@H]1O. The van der Waals surface area contributed by atoms with E-state index in [0.717, 1.165) is 37.5 Å². The van der Waals surface area contributed by atoms with Crippen molar-refractivity contribution < 1.29 is 18.6 Å². The van der Waals surface area contributed by atoms with Crippen LogP contribution in [0.25, 0.3) is 0 Å². The van der Waals surface area contributed by atoms with Crippen molar-refractivity contribution in [2.24, 2.45) is 23.2 Å². The van der Waals surface area contributed by atoms with Gasteiger partial charge in [-0.2, -0.15) is 4.31 Å². The van der Waals surface area contributed by atoms with Crippen LogP contribution in [0.3, 0.4) is 0 Å². The molecule has 0 aromatic carbocycles. The maximum Gasteiger partial charge on any atom is 0.211 e. The van der Waals surface area contributed by atoms with Crippen LogP contribution < -0.4 is 0 Å². The fourth-order valence-corrected chi connectivity index (χ4v) is 8.34. The molecule has 3 saturated carbocycles. The lowest BCUT2D eigenvalue weighted by Gasteiger charge is -2.45. The third-order valence-electron chi connectivity index (χ3n) is 9.73. The Labute approximate surface area is 212 Å². The van der Waals surface area contributed by atoms with Crippen LogP contribution in [0.5, 0.6) is 0 Å². The van der Waals surface area contributed by atoms with Crippen molar-refractivity contribution in [3.8, 4) is 0 Å². The first-order valence-electron chi connectivity index (χ1n) is 13.6. The smallest absolute Gasteiger partial charge is 0.211 e. The number of fused-ring (bicyclic) bond motifs is 1. The summed E-state index contributed by atoms with van der Waals surface area (Å²) in [7, 11) is -3.07. The molecule has 0 aromatic rings. The average Bonchev–Trinajstić information content (AvgIpc) is 3.16. The predicted octanol–water partition coefficient (Wildman–Crippen LogP) is 3.73. The Kier molecular flexibility index (Phi) is 8.33. The van der Waals surface area contributed by atoms with Gasteiger partial charge in [-0.05, 0) is 86.7 Å². The highest BCUT2D eigenvalue weighted by Crippen LogP contribution is 2.59. The first kappa shape index (κ1) is 27.1. The zero-order valence-corrected chi connectivity index (χ0v) is 22.8. The molecule has 4 rings (SSSR count). The van der Waals surface area contributed by atoms with E-state index in [1.807, 2.05) is 0 Å². The number of sulfonamides is 1. The zero-order chi connectivity index (χ0) is 25.4. The Morgan fingerprint density at radius 1 is 1.11 bits per heavy atom. The molecule has 1 saturated heterocycles. The topological polar surface area (TPSA) is 81.1 Å². The molecule has 7 heteroatoms. The molecule has 6 atom stereocenters. The van der Waals surface area contributed by atoms with Crippen molar-refractivity contribution in [2.45, 2.75) is 77.4 Å². The fraction of sp³-hybridized carbons (Fsp3) is 0.786. The number of allylic oxidation sites excluding steroid dienone is 3. The van der Waals surface area contributed by atoms with E-state index in [4.69, 9.17) is 0 Å². The summed E-state index contributed by atoms with van der Waals surface area (Å²) in [5, 5.41) is 20.4. The van der Waals surface area contributed by atoms with Gasteiger partial charge in [0.1, 0.15) is 0 Å². The first-order valence-corrected chi connectivity index (χ1v) is 15.4. The van der Waals surface area contributed by atoms with E-state index >= 15 is 0 Å². The minimum atomic E-state index is -3.07. The molecule has 0 aromatic heterocycles. The number of hydrogen-bond donors (Lipinski definition) is 2. The monoisotopic (exact) mass is 506 g/mol. The maximum atomic E-state index is 11.8.